The summed E-state index contributed by atoms with van der Waals surface area (Å²) in [5.41, 5.74) is 4.15. The maximum atomic E-state index is 13.3. The molecule has 1 unspecified atom stereocenters. The Balaban J connectivity index is 1.49. The summed E-state index contributed by atoms with van der Waals surface area (Å²) in [6, 6.07) is 15.9. The molecule has 0 N–H and O–H groups in total. The maximum absolute atomic E-state index is 13.3. The summed E-state index contributed by atoms with van der Waals surface area (Å²) in [6.45, 7) is 4.04. The maximum Gasteiger partial charge on any atom is 0.253 e. The Morgan fingerprint density at radius 3 is 2.56 bits per heavy atom. The molecule has 4 rings (SSSR count). The van der Waals surface area contributed by atoms with Crippen molar-refractivity contribution in [3.05, 3.63) is 65.2 Å². The molecule has 1 fully saturated rings. The lowest BCUT2D eigenvalue weighted by atomic mass is 9.93. The molecule has 0 bridgehead atoms. The zero-order chi connectivity index (χ0) is 18.8. The van der Waals surface area contributed by atoms with Crippen LogP contribution in [0.3, 0.4) is 0 Å². The van der Waals surface area contributed by atoms with Gasteiger partial charge in [-0.1, -0.05) is 35.9 Å². The number of fused-ring (bicyclic) bond motifs is 1. The fraction of sp³-hybridized carbons (Fsp3) is 0.391. The van der Waals surface area contributed by atoms with E-state index in [0.717, 1.165) is 50.0 Å². The predicted molar refractivity (Wildman–Crippen MR) is 107 cm³/mol. The van der Waals surface area contributed by atoms with Gasteiger partial charge in [-0.15, -0.1) is 0 Å². The Morgan fingerprint density at radius 2 is 1.74 bits per heavy atom. The van der Waals surface area contributed by atoms with Gasteiger partial charge in [-0.25, -0.2) is 0 Å². The first-order valence-corrected chi connectivity index (χ1v) is 9.89. The molecule has 4 heteroatoms. The molecule has 2 amide bonds. The SMILES string of the molecule is Cc1ccc(C(=O)N2CCCC(C(=O)N3CCCc4ccccc43)C2)cc1. The van der Waals surface area contributed by atoms with Crippen molar-refractivity contribution in [3.63, 3.8) is 0 Å². The number of likely N-dealkylation sites (tertiary alicyclic amines) is 1. The summed E-state index contributed by atoms with van der Waals surface area (Å²) in [4.78, 5) is 29.9. The van der Waals surface area contributed by atoms with Crippen molar-refractivity contribution in [1.82, 2.24) is 4.90 Å². The Bertz CT molecular complexity index is 844. The standard InChI is InChI=1S/C23H26N2O2/c1-17-10-12-19(13-11-17)22(26)24-14-4-8-20(16-24)23(27)25-15-5-7-18-6-2-3-9-21(18)25/h2-3,6,9-13,20H,4-5,7-8,14-16H2,1H3. The molecule has 0 saturated carbocycles. The van der Waals surface area contributed by atoms with E-state index >= 15 is 0 Å². The summed E-state index contributed by atoms with van der Waals surface area (Å²) in [7, 11) is 0. The highest BCUT2D eigenvalue weighted by Gasteiger charge is 2.33. The lowest BCUT2D eigenvalue weighted by Gasteiger charge is -2.37. The molecule has 2 aromatic rings. The number of nitrogens with zero attached hydrogens (tertiary/aromatic N) is 2. The van der Waals surface area contributed by atoms with Crippen molar-refractivity contribution in [3.8, 4) is 0 Å². The van der Waals surface area contributed by atoms with Crippen molar-refractivity contribution in [1.29, 1.82) is 0 Å². The van der Waals surface area contributed by atoms with Gasteiger partial charge in [-0.2, -0.15) is 0 Å². The summed E-state index contributed by atoms with van der Waals surface area (Å²) in [6.07, 6.45) is 3.77. The van der Waals surface area contributed by atoms with Gasteiger partial charge >= 0.3 is 0 Å². The molecule has 2 aliphatic heterocycles. The Hall–Kier alpha value is -2.62. The van der Waals surface area contributed by atoms with E-state index in [4.69, 9.17) is 0 Å². The number of benzene rings is 2. The van der Waals surface area contributed by atoms with Crippen LogP contribution in [0.4, 0.5) is 5.69 Å². The molecule has 2 heterocycles. The molecular weight excluding hydrogens is 336 g/mol. The summed E-state index contributed by atoms with van der Waals surface area (Å²) >= 11 is 0. The largest absolute Gasteiger partial charge is 0.338 e. The molecule has 140 valence electrons. The van der Waals surface area contributed by atoms with Crippen LogP contribution in [0.2, 0.25) is 0 Å². The first-order valence-electron chi connectivity index (χ1n) is 9.89. The van der Waals surface area contributed by atoms with Crippen molar-refractivity contribution in [2.45, 2.75) is 32.6 Å². The van der Waals surface area contributed by atoms with Gasteiger partial charge in [0.25, 0.3) is 5.91 Å². The average molecular weight is 362 g/mol. The number of carbonyl (C=O) groups excluding carboxylic acids is 2. The van der Waals surface area contributed by atoms with Crippen molar-refractivity contribution in [2.75, 3.05) is 24.5 Å². The lowest BCUT2D eigenvalue weighted by Crippen LogP contribution is -2.48. The van der Waals surface area contributed by atoms with Crippen molar-refractivity contribution in [2.24, 2.45) is 5.92 Å². The van der Waals surface area contributed by atoms with Crippen LogP contribution >= 0.6 is 0 Å². The van der Waals surface area contributed by atoms with Crippen LogP contribution in [0.15, 0.2) is 48.5 Å². The van der Waals surface area contributed by atoms with Gasteiger partial charge in [-0.05, 0) is 56.4 Å². The topological polar surface area (TPSA) is 40.6 Å². The monoisotopic (exact) mass is 362 g/mol. The fourth-order valence-corrected chi connectivity index (χ4v) is 4.22. The normalized spacial score (nSPS) is 19.5. The molecule has 4 nitrogen and oxygen atoms in total. The average Bonchev–Trinajstić information content (AvgIpc) is 2.73. The summed E-state index contributed by atoms with van der Waals surface area (Å²) in [5, 5.41) is 0. The number of carbonyl (C=O) groups is 2. The molecule has 0 radical (unpaired) electrons. The van der Waals surface area contributed by atoms with Gasteiger partial charge in [0.1, 0.15) is 0 Å². The van der Waals surface area contributed by atoms with E-state index in [9.17, 15) is 9.59 Å². The number of anilines is 1. The fourth-order valence-electron chi connectivity index (χ4n) is 4.22. The van der Waals surface area contributed by atoms with Gasteiger partial charge in [0.05, 0.1) is 5.92 Å². The zero-order valence-corrected chi connectivity index (χ0v) is 15.9. The van der Waals surface area contributed by atoms with Crippen LogP contribution < -0.4 is 4.90 Å². The quantitative estimate of drug-likeness (QED) is 0.815. The number of piperidine rings is 1. The van der Waals surface area contributed by atoms with Gasteiger partial charge in [0.2, 0.25) is 5.91 Å². The Labute approximate surface area is 160 Å². The first kappa shape index (κ1) is 17.8. The predicted octanol–water partition coefficient (Wildman–Crippen LogP) is 3.83. The smallest absolute Gasteiger partial charge is 0.253 e. The van der Waals surface area contributed by atoms with Crippen LogP contribution in [0.5, 0.6) is 0 Å². The van der Waals surface area contributed by atoms with Crippen LogP contribution in [-0.2, 0) is 11.2 Å². The highest BCUT2D eigenvalue weighted by Crippen LogP contribution is 2.30. The molecule has 1 saturated heterocycles. The number of para-hydroxylation sites is 1. The molecule has 2 aliphatic rings. The molecule has 1 atom stereocenters. The lowest BCUT2D eigenvalue weighted by molar-refractivity contribution is -0.123. The van der Waals surface area contributed by atoms with E-state index in [-0.39, 0.29) is 17.7 Å². The molecule has 0 aliphatic carbocycles. The molecule has 0 aromatic heterocycles. The third-order valence-electron chi connectivity index (χ3n) is 5.73. The number of rotatable bonds is 2. The van der Waals surface area contributed by atoms with Crippen LogP contribution in [0.25, 0.3) is 0 Å². The number of aryl methyl sites for hydroxylation is 2. The van der Waals surface area contributed by atoms with Gasteiger partial charge < -0.3 is 9.80 Å². The minimum atomic E-state index is -0.112. The molecule has 27 heavy (non-hydrogen) atoms. The molecule has 2 aromatic carbocycles. The van der Waals surface area contributed by atoms with E-state index in [0.29, 0.717) is 12.1 Å². The van der Waals surface area contributed by atoms with E-state index in [1.807, 2.05) is 59.2 Å². The van der Waals surface area contributed by atoms with E-state index in [1.54, 1.807) is 0 Å². The van der Waals surface area contributed by atoms with Crippen LogP contribution in [0, 0.1) is 12.8 Å². The number of hydrogen-bond donors (Lipinski definition) is 0. The second kappa shape index (κ2) is 7.55. The first-order chi connectivity index (χ1) is 13.1. The second-order valence-corrected chi connectivity index (χ2v) is 7.68. The third-order valence-corrected chi connectivity index (χ3v) is 5.73. The summed E-state index contributed by atoms with van der Waals surface area (Å²) < 4.78 is 0. The highest BCUT2D eigenvalue weighted by atomic mass is 16.2. The zero-order valence-electron chi connectivity index (χ0n) is 15.9. The van der Waals surface area contributed by atoms with E-state index in [2.05, 4.69) is 6.07 Å². The third kappa shape index (κ3) is 3.61. The molecular formula is C23H26N2O2. The Morgan fingerprint density at radius 1 is 0.963 bits per heavy atom. The number of hydrogen-bond acceptors (Lipinski definition) is 2. The number of amides is 2. The Kier molecular flexibility index (Phi) is 4.97. The minimum Gasteiger partial charge on any atom is -0.338 e. The van der Waals surface area contributed by atoms with E-state index in [1.165, 1.54) is 5.56 Å². The van der Waals surface area contributed by atoms with Crippen LogP contribution in [0.1, 0.15) is 40.7 Å². The van der Waals surface area contributed by atoms with Crippen molar-refractivity contribution >= 4 is 17.5 Å². The molecule has 0 spiro atoms. The van der Waals surface area contributed by atoms with Gasteiger partial charge in [0.15, 0.2) is 0 Å². The van der Waals surface area contributed by atoms with E-state index < -0.39 is 0 Å². The van der Waals surface area contributed by atoms with Gasteiger partial charge in [-0.3, -0.25) is 9.59 Å². The second-order valence-electron chi connectivity index (χ2n) is 7.68. The highest BCUT2D eigenvalue weighted by molar-refractivity contribution is 5.98. The minimum absolute atomic E-state index is 0.0338. The van der Waals surface area contributed by atoms with Crippen LogP contribution in [-0.4, -0.2) is 36.3 Å². The summed E-state index contributed by atoms with van der Waals surface area (Å²) in [5.74, 6) is 0.0920. The van der Waals surface area contributed by atoms with Crippen molar-refractivity contribution < 1.29 is 9.59 Å². The van der Waals surface area contributed by atoms with Gasteiger partial charge in [0, 0.05) is 30.9 Å².